The number of esters is 1. The predicted octanol–water partition coefficient (Wildman–Crippen LogP) is 2.99. The highest BCUT2D eigenvalue weighted by molar-refractivity contribution is 6.54. The van der Waals surface area contributed by atoms with Gasteiger partial charge in [-0.15, -0.1) is 0 Å². The molecule has 0 saturated heterocycles. The Morgan fingerprint density at radius 1 is 1.17 bits per heavy atom. The van der Waals surface area contributed by atoms with Crippen molar-refractivity contribution in [3.8, 4) is 0 Å². The third-order valence-corrected chi connectivity index (χ3v) is 2.33. The number of hydrogen-bond acceptors (Lipinski definition) is 3. The molecule has 0 saturated carbocycles. The first kappa shape index (κ1) is 14.8. The highest BCUT2D eigenvalue weighted by Gasteiger charge is 2.12. The summed E-state index contributed by atoms with van der Waals surface area (Å²) in [5.41, 5.74) is 0.919. The largest absolute Gasteiger partial charge is 0.459 e. The first-order chi connectivity index (χ1) is 8.40. The van der Waals surface area contributed by atoms with Crippen molar-refractivity contribution < 1.29 is 14.3 Å². The Balaban J connectivity index is 2.68. The van der Waals surface area contributed by atoms with E-state index in [1.165, 1.54) is 0 Å². The molecular formula is C12H13Cl2NO3. The quantitative estimate of drug-likeness (QED) is 0.685. The Labute approximate surface area is 115 Å². The van der Waals surface area contributed by atoms with Gasteiger partial charge < -0.3 is 10.1 Å². The van der Waals surface area contributed by atoms with Crippen molar-refractivity contribution >= 4 is 40.8 Å². The number of rotatable bonds is 4. The van der Waals surface area contributed by atoms with Gasteiger partial charge in [0.15, 0.2) is 4.84 Å². The van der Waals surface area contributed by atoms with Crippen LogP contribution in [0.15, 0.2) is 24.3 Å². The third kappa shape index (κ3) is 4.55. The number of amides is 1. The lowest BCUT2D eigenvalue weighted by Gasteiger charge is -2.09. The third-order valence-electron chi connectivity index (χ3n) is 1.93. The van der Waals surface area contributed by atoms with Gasteiger partial charge in [-0.05, 0) is 38.1 Å². The van der Waals surface area contributed by atoms with Crippen molar-refractivity contribution in [1.29, 1.82) is 0 Å². The number of nitrogens with one attached hydrogen (secondary N) is 1. The van der Waals surface area contributed by atoms with Gasteiger partial charge in [0, 0.05) is 5.69 Å². The maximum Gasteiger partial charge on any atom is 0.338 e. The van der Waals surface area contributed by atoms with Gasteiger partial charge in [-0.25, -0.2) is 4.79 Å². The number of halogens is 2. The molecule has 0 radical (unpaired) electrons. The molecule has 1 rings (SSSR count). The Hall–Kier alpha value is -1.26. The van der Waals surface area contributed by atoms with E-state index in [1.807, 2.05) is 0 Å². The molecule has 0 aliphatic heterocycles. The fourth-order valence-corrected chi connectivity index (χ4v) is 1.28. The molecular weight excluding hydrogens is 277 g/mol. The van der Waals surface area contributed by atoms with Crippen LogP contribution in [0.4, 0.5) is 5.69 Å². The van der Waals surface area contributed by atoms with Crippen LogP contribution in [0.2, 0.25) is 0 Å². The van der Waals surface area contributed by atoms with E-state index in [1.54, 1.807) is 38.1 Å². The highest BCUT2D eigenvalue weighted by atomic mass is 35.5. The van der Waals surface area contributed by atoms with Gasteiger partial charge in [0.05, 0.1) is 11.7 Å². The number of carbonyl (C=O) groups excluding carboxylic acids is 2. The molecule has 0 atom stereocenters. The second-order valence-corrected chi connectivity index (χ2v) is 4.92. The van der Waals surface area contributed by atoms with Crippen LogP contribution in [0, 0.1) is 0 Å². The summed E-state index contributed by atoms with van der Waals surface area (Å²) in [6, 6.07) is 6.26. The normalized spacial score (nSPS) is 10.6. The van der Waals surface area contributed by atoms with Crippen molar-refractivity contribution in [3.05, 3.63) is 29.8 Å². The highest BCUT2D eigenvalue weighted by Crippen LogP contribution is 2.13. The number of benzene rings is 1. The Bertz CT molecular complexity index is 429. The van der Waals surface area contributed by atoms with Crippen LogP contribution >= 0.6 is 23.2 Å². The van der Waals surface area contributed by atoms with Crippen molar-refractivity contribution in [3.63, 3.8) is 0 Å². The van der Waals surface area contributed by atoms with E-state index in [0.29, 0.717) is 11.3 Å². The molecule has 1 amide bonds. The van der Waals surface area contributed by atoms with E-state index in [0.717, 1.165) is 0 Å². The number of alkyl halides is 2. The summed E-state index contributed by atoms with van der Waals surface area (Å²) in [5.74, 6) is -0.925. The fourth-order valence-electron chi connectivity index (χ4n) is 1.17. The molecule has 0 aromatic heterocycles. The van der Waals surface area contributed by atoms with Crippen molar-refractivity contribution in [2.75, 3.05) is 5.32 Å². The van der Waals surface area contributed by atoms with Gasteiger partial charge in [-0.3, -0.25) is 4.79 Å². The summed E-state index contributed by atoms with van der Waals surface area (Å²) in [6.45, 7) is 3.54. The van der Waals surface area contributed by atoms with Crippen LogP contribution in [-0.4, -0.2) is 22.8 Å². The van der Waals surface area contributed by atoms with Gasteiger partial charge in [0.25, 0.3) is 5.91 Å². The molecule has 0 aliphatic carbocycles. The molecule has 18 heavy (non-hydrogen) atoms. The second kappa shape index (κ2) is 6.61. The zero-order valence-electron chi connectivity index (χ0n) is 9.94. The first-order valence-electron chi connectivity index (χ1n) is 5.30. The zero-order chi connectivity index (χ0) is 13.7. The van der Waals surface area contributed by atoms with Crippen molar-refractivity contribution in [1.82, 2.24) is 0 Å². The molecule has 0 fully saturated rings. The van der Waals surface area contributed by atoms with Gasteiger partial charge in [0.2, 0.25) is 0 Å². The van der Waals surface area contributed by atoms with E-state index in [-0.39, 0.29) is 6.10 Å². The molecule has 6 heteroatoms. The maximum absolute atomic E-state index is 11.5. The van der Waals surface area contributed by atoms with Crippen LogP contribution in [0.1, 0.15) is 24.2 Å². The van der Waals surface area contributed by atoms with Crippen LogP contribution in [0.5, 0.6) is 0 Å². The molecule has 0 aliphatic rings. The summed E-state index contributed by atoms with van der Waals surface area (Å²) >= 11 is 10.8. The van der Waals surface area contributed by atoms with Gasteiger partial charge in [0.1, 0.15) is 0 Å². The van der Waals surface area contributed by atoms with Gasteiger partial charge in [-0.2, -0.15) is 0 Å². The summed E-state index contributed by atoms with van der Waals surface area (Å²) in [5, 5.41) is 2.49. The number of ether oxygens (including phenoxy) is 1. The first-order valence-corrected chi connectivity index (χ1v) is 6.17. The number of anilines is 1. The SMILES string of the molecule is CC(C)OC(=O)c1ccc(NC(=O)C(Cl)Cl)cc1. The minimum atomic E-state index is -1.13. The molecule has 1 N–H and O–H groups in total. The van der Waals surface area contributed by atoms with E-state index in [2.05, 4.69) is 5.32 Å². The van der Waals surface area contributed by atoms with E-state index < -0.39 is 16.7 Å². The van der Waals surface area contributed by atoms with E-state index in [4.69, 9.17) is 27.9 Å². The smallest absolute Gasteiger partial charge is 0.338 e. The molecule has 1 aromatic rings. The van der Waals surface area contributed by atoms with Gasteiger partial charge in [-0.1, -0.05) is 23.2 Å². The lowest BCUT2D eigenvalue weighted by atomic mass is 10.2. The summed E-state index contributed by atoms with van der Waals surface area (Å²) < 4.78 is 5.03. The molecule has 0 heterocycles. The summed E-state index contributed by atoms with van der Waals surface area (Å²) in [7, 11) is 0. The Kier molecular flexibility index (Phi) is 5.44. The Morgan fingerprint density at radius 3 is 2.17 bits per heavy atom. The molecule has 1 aromatic carbocycles. The monoisotopic (exact) mass is 289 g/mol. The lowest BCUT2D eigenvalue weighted by molar-refractivity contribution is -0.114. The zero-order valence-corrected chi connectivity index (χ0v) is 11.5. The van der Waals surface area contributed by atoms with Gasteiger partial charge >= 0.3 is 5.97 Å². The molecule has 0 spiro atoms. The fraction of sp³-hybridized carbons (Fsp3) is 0.333. The number of hydrogen-bond donors (Lipinski definition) is 1. The van der Waals surface area contributed by atoms with E-state index >= 15 is 0 Å². The standard InChI is InChI=1S/C12H13Cl2NO3/c1-7(2)18-12(17)8-3-5-9(6-4-8)15-11(16)10(13)14/h3-7,10H,1-2H3,(H,15,16). The minimum absolute atomic E-state index is 0.176. The molecule has 4 nitrogen and oxygen atoms in total. The number of carbonyl (C=O) groups is 2. The second-order valence-electron chi connectivity index (χ2n) is 3.82. The topological polar surface area (TPSA) is 55.4 Å². The van der Waals surface area contributed by atoms with Crippen LogP contribution in [-0.2, 0) is 9.53 Å². The maximum atomic E-state index is 11.5. The molecule has 0 bridgehead atoms. The van der Waals surface area contributed by atoms with Crippen LogP contribution < -0.4 is 5.32 Å². The van der Waals surface area contributed by atoms with Crippen molar-refractivity contribution in [2.24, 2.45) is 0 Å². The van der Waals surface area contributed by atoms with Crippen LogP contribution in [0.3, 0.4) is 0 Å². The van der Waals surface area contributed by atoms with Crippen molar-refractivity contribution in [2.45, 2.75) is 24.8 Å². The summed E-state index contributed by atoms with van der Waals surface area (Å²) in [6.07, 6.45) is -0.176. The average Bonchev–Trinajstić information content (AvgIpc) is 2.28. The Morgan fingerprint density at radius 2 is 1.72 bits per heavy atom. The predicted molar refractivity (Wildman–Crippen MR) is 71.1 cm³/mol. The molecule has 0 unspecified atom stereocenters. The van der Waals surface area contributed by atoms with E-state index in [9.17, 15) is 9.59 Å². The lowest BCUT2D eigenvalue weighted by Crippen LogP contribution is -2.18. The summed E-state index contributed by atoms with van der Waals surface area (Å²) in [4.78, 5) is 21.6. The minimum Gasteiger partial charge on any atom is -0.459 e. The molecule has 98 valence electrons. The average molecular weight is 290 g/mol. The van der Waals surface area contributed by atoms with Crippen LogP contribution in [0.25, 0.3) is 0 Å².